The van der Waals surface area contributed by atoms with Crippen LogP contribution in [0.2, 0.25) is 0 Å². The molecular formula is C25H37N3O3. The fourth-order valence-corrected chi connectivity index (χ4v) is 5.48. The standard InChI is InChI=1S/C25H37N3O3/c29-25(28-16-18-30-19-17-28)27-12-8-21(9-13-27)20-4-6-23(7-5-20)31-24-10-14-26(15-11-24)22-2-1-3-22/h4-7,21-22,24H,1-3,8-19H2. The minimum atomic E-state index is 0.189. The summed E-state index contributed by atoms with van der Waals surface area (Å²) in [4.78, 5) is 19.3. The van der Waals surface area contributed by atoms with Crippen molar-refractivity contribution in [2.24, 2.45) is 0 Å². The minimum Gasteiger partial charge on any atom is -0.490 e. The zero-order chi connectivity index (χ0) is 21.0. The molecule has 1 aromatic carbocycles. The topological polar surface area (TPSA) is 45.3 Å². The van der Waals surface area contributed by atoms with Crippen molar-refractivity contribution in [3.8, 4) is 5.75 Å². The fourth-order valence-electron chi connectivity index (χ4n) is 5.48. The summed E-state index contributed by atoms with van der Waals surface area (Å²) in [5.74, 6) is 1.54. The molecule has 6 heteroatoms. The Kier molecular flexibility index (Phi) is 6.65. The molecule has 5 rings (SSSR count). The number of benzene rings is 1. The first-order valence-corrected chi connectivity index (χ1v) is 12.4. The molecule has 1 saturated carbocycles. The van der Waals surface area contributed by atoms with E-state index in [4.69, 9.17) is 9.47 Å². The highest BCUT2D eigenvalue weighted by molar-refractivity contribution is 5.74. The Morgan fingerprint density at radius 1 is 0.806 bits per heavy atom. The van der Waals surface area contributed by atoms with E-state index in [1.54, 1.807) is 0 Å². The van der Waals surface area contributed by atoms with Crippen LogP contribution in [0, 0.1) is 0 Å². The van der Waals surface area contributed by atoms with Crippen LogP contribution < -0.4 is 4.74 Å². The molecule has 0 radical (unpaired) electrons. The van der Waals surface area contributed by atoms with Gasteiger partial charge in [0.2, 0.25) is 0 Å². The Labute approximate surface area is 186 Å². The Balaban J connectivity index is 1.07. The molecule has 31 heavy (non-hydrogen) atoms. The zero-order valence-corrected chi connectivity index (χ0v) is 18.7. The number of amides is 2. The number of likely N-dealkylation sites (tertiary alicyclic amines) is 2. The normalized spacial score (nSPS) is 24.8. The Morgan fingerprint density at radius 3 is 2.06 bits per heavy atom. The zero-order valence-electron chi connectivity index (χ0n) is 18.7. The fraction of sp³-hybridized carbons (Fsp3) is 0.720. The summed E-state index contributed by atoms with van der Waals surface area (Å²) in [5, 5.41) is 0. The number of rotatable bonds is 4. The lowest BCUT2D eigenvalue weighted by Gasteiger charge is -2.41. The first kappa shape index (κ1) is 21.1. The van der Waals surface area contributed by atoms with Gasteiger partial charge in [0.05, 0.1) is 13.2 Å². The van der Waals surface area contributed by atoms with Gasteiger partial charge in [0.15, 0.2) is 0 Å². The van der Waals surface area contributed by atoms with Crippen molar-refractivity contribution in [2.75, 3.05) is 52.5 Å². The number of ether oxygens (including phenoxy) is 2. The summed E-state index contributed by atoms with van der Waals surface area (Å²) in [6, 6.07) is 9.83. The van der Waals surface area contributed by atoms with Gasteiger partial charge in [0.1, 0.15) is 11.9 Å². The molecule has 0 bridgehead atoms. The van der Waals surface area contributed by atoms with Crippen molar-refractivity contribution < 1.29 is 14.3 Å². The van der Waals surface area contributed by atoms with Gasteiger partial charge in [0.25, 0.3) is 0 Å². The Bertz CT molecular complexity index is 714. The predicted octanol–water partition coefficient (Wildman–Crippen LogP) is 3.71. The van der Waals surface area contributed by atoms with E-state index < -0.39 is 0 Å². The second-order valence-electron chi connectivity index (χ2n) is 9.65. The molecule has 3 saturated heterocycles. The summed E-state index contributed by atoms with van der Waals surface area (Å²) in [6.07, 6.45) is 8.93. The van der Waals surface area contributed by atoms with Crippen molar-refractivity contribution in [2.45, 2.75) is 63.0 Å². The van der Waals surface area contributed by atoms with Crippen molar-refractivity contribution in [1.82, 2.24) is 14.7 Å². The highest BCUT2D eigenvalue weighted by atomic mass is 16.5. The third-order valence-electron chi connectivity index (χ3n) is 7.77. The maximum atomic E-state index is 12.7. The van der Waals surface area contributed by atoms with Gasteiger partial charge in [0, 0.05) is 45.3 Å². The van der Waals surface area contributed by atoms with Crippen LogP contribution in [0.15, 0.2) is 24.3 Å². The first-order valence-electron chi connectivity index (χ1n) is 12.4. The van der Waals surface area contributed by atoms with Crippen molar-refractivity contribution >= 4 is 6.03 Å². The number of morpholine rings is 1. The molecule has 0 N–H and O–H groups in total. The quantitative estimate of drug-likeness (QED) is 0.735. The Hall–Kier alpha value is -1.79. The van der Waals surface area contributed by atoms with E-state index in [1.807, 2.05) is 9.80 Å². The molecule has 3 heterocycles. The van der Waals surface area contributed by atoms with E-state index in [1.165, 1.54) is 37.9 Å². The largest absolute Gasteiger partial charge is 0.490 e. The summed E-state index contributed by atoms with van der Waals surface area (Å²) in [6.45, 7) is 6.84. The molecule has 0 unspecified atom stereocenters. The highest BCUT2D eigenvalue weighted by Crippen LogP contribution is 2.31. The number of carbonyl (C=O) groups excluding carboxylic acids is 1. The van der Waals surface area contributed by atoms with Crippen molar-refractivity contribution in [3.63, 3.8) is 0 Å². The molecule has 4 aliphatic rings. The Morgan fingerprint density at radius 2 is 1.45 bits per heavy atom. The average molecular weight is 428 g/mol. The van der Waals surface area contributed by atoms with Gasteiger partial charge in [-0.05, 0) is 62.1 Å². The average Bonchev–Trinajstić information content (AvgIpc) is 2.80. The van der Waals surface area contributed by atoms with Gasteiger partial charge in [-0.2, -0.15) is 0 Å². The monoisotopic (exact) mass is 427 g/mol. The molecule has 0 spiro atoms. The minimum absolute atomic E-state index is 0.189. The number of hydrogen-bond acceptors (Lipinski definition) is 4. The molecule has 6 nitrogen and oxygen atoms in total. The lowest BCUT2D eigenvalue weighted by molar-refractivity contribution is 0.0411. The molecule has 2 amide bonds. The maximum absolute atomic E-state index is 12.7. The van der Waals surface area contributed by atoms with Crippen LogP contribution in [0.5, 0.6) is 5.75 Å². The summed E-state index contributed by atoms with van der Waals surface area (Å²) in [5.41, 5.74) is 1.38. The number of piperidine rings is 2. The number of urea groups is 1. The number of nitrogens with zero attached hydrogens (tertiary/aromatic N) is 3. The van der Waals surface area contributed by atoms with Gasteiger partial charge in [-0.25, -0.2) is 4.79 Å². The van der Waals surface area contributed by atoms with Crippen LogP contribution >= 0.6 is 0 Å². The molecule has 1 aliphatic carbocycles. The van der Waals surface area contributed by atoms with E-state index in [-0.39, 0.29) is 6.03 Å². The van der Waals surface area contributed by atoms with Gasteiger partial charge in [-0.3, -0.25) is 0 Å². The summed E-state index contributed by atoms with van der Waals surface area (Å²) >= 11 is 0. The summed E-state index contributed by atoms with van der Waals surface area (Å²) < 4.78 is 11.7. The summed E-state index contributed by atoms with van der Waals surface area (Å²) in [7, 11) is 0. The van der Waals surface area contributed by atoms with E-state index in [9.17, 15) is 4.79 Å². The molecule has 0 aromatic heterocycles. The second kappa shape index (κ2) is 9.78. The first-order chi connectivity index (χ1) is 15.3. The third kappa shape index (κ3) is 5.01. The third-order valence-corrected chi connectivity index (χ3v) is 7.77. The van der Waals surface area contributed by atoms with Crippen LogP contribution in [0.25, 0.3) is 0 Å². The second-order valence-corrected chi connectivity index (χ2v) is 9.65. The number of hydrogen-bond donors (Lipinski definition) is 0. The molecule has 0 atom stereocenters. The smallest absolute Gasteiger partial charge is 0.320 e. The highest BCUT2D eigenvalue weighted by Gasteiger charge is 2.30. The van der Waals surface area contributed by atoms with E-state index >= 15 is 0 Å². The number of carbonyl (C=O) groups is 1. The lowest BCUT2D eigenvalue weighted by atomic mass is 9.89. The van der Waals surface area contributed by atoms with Crippen LogP contribution in [0.4, 0.5) is 4.79 Å². The van der Waals surface area contributed by atoms with Crippen molar-refractivity contribution in [3.05, 3.63) is 29.8 Å². The van der Waals surface area contributed by atoms with Crippen LogP contribution in [0.3, 0.4) is 0 Å². The van der Waals surface area contributed by atoms with Gasteiger partial charge in [-0.1, -0.05) is 18.6 Å². The molecular weight excluding hydrogens is 390 g/mol. The molecule has 3 aliphatic heterocycles. The van der Waals surface area contributed by atoms with Gasteiger partial charge < -0.3 is 24.2 Å². The van der Waals surface area contributed by atoms with E-state index in [0.717, 1.165) is 63.7 Å². The van der Waals surface area contributed by atoms with Gasteiger partial charge in [-0.15, -0.1) is 0 Å². The predicted molar refractivity (Wildman–Crippen MR) is 121 cm³/mol. The molecule has 1 aromatic rings. The molecule has 170 valence electrons. The van der Waals surface area contributed by atoms with E-state index in [2.05, 4.69) is 29.2 Å². The van der Waals surface area contributed by atoms with Crippen LogP contribution in [0.1, 0.15) is 56.4 Å². The van der Waals surface area contributed by atoms with Crippen molar-refractivity contribution in [1.29, 1.82) is 0 Å². The van der Waals surface area contributed by atoms with E-state index in [0.29, 0.717) is 25.2 Å². The SMILES string of the molecule is O=C(N1CCOCC1)N1CCC(c2ccc(OC3CCN(C4CCC4)CC3)cc2)CC1. The van der Waals surface area contributed by atoms with Crippen LogP contribution in [-0.2, 0) is 4.74 Å². The van der Waals surface area contributed by atoms with Crippen LogP contribution in [-0.4, -0.2) is 85.4 Å². The lowest BCUT2D eigenvalue weighted by Crippen LogP contribution is -2.50. The maximum Gasteiger partial charge on any atom is 0.320 e. The van der Waals surface area contributed by atoms with Gasteiger partial charge >= 0.3 is 6.03 Å². The molecule has 4 fully saturated rings.